The normalized spacial score (nSPS) is 9.24. The highest BCUT2D eigenvalue weighted by molar-refractivity contribution is 5.85. The number of imidazole rings is 1. The summed E-state index contributed by atoms with van der Waals surface area (Å²) >= 11 is 0. The minimum atomic E-state index is 0. The van der Waals surface area contributed by atoms with Crippen molar-refractivity contribution >= 4 is 24.8 Å². The van der Waals surface area contributed by atoms with Crippen molar-refractivity contribution < 1.29 is 0 Å². The number of aromatic nitrogens is 2. The van der Waals surface area contributed by atoms with Gasteiger partial charge in [-0.3, -0.25) is 0 Å². The second-order valence-electron chi connectivity index (χ2n) is 3.56. The van der Waals surface area contributed by atoms with Gasteiger partial charge >= 0.3 is 0 Å². The molecule has 0 fully saturated rings. The van der Waals surface area contributed by atoms with Gasteiger partial charge in [0, 0.05) is 19.2 Å². The SMILES string of the molecule is Cl.Cl.NCCc1cn(Cc2ccccc2)cn1. The quantitative estimate of drug-likeness (QED) is 0.929. The molecule has 1 aromatic heterocycles. The third-order valence-electron chi connectivity index (χ3n) is 2.30. The number of nitrogens with zero attached hydrogens (tertiary/aromatic N) is 2. The van der Waals surface area contributed by atoms with Crippen molar-refractivity contribution in [1.82, 2.24) is 9.55 Å². The number of hydrogen-bond donors (Lipinski definition) is 1. The van der Waals surface area contributed by atoms with E-state index in [1.807, 2.05) is 24.5 Å². The molecule has 0 saturated heterocycles. The lowest BCUT2D eigenvalue weighted by molar-refractivity contribution is 0.795. The van der Waals surface area contributed by atoms with E-state index in [-0.39, 0.29) is 24.8 Å². The van der Waals surface area contributed by atoms with Crippen molar-refractivity contribution in [2.45, 2.75) is 13.0 Å². The summed E-state index contributed by atoms with van der Waals surface area (Å²) < 4.78 is 2.08. The summed E-state index contributed by atoms with van der Waals surface area (Å²) in [6.45, 7) is 1.53. The van der Waals surface area contributed by atoms with Crippen molar-refractivity contribution in [3.8, 4) is 0 Å². The van der Waals surface area contributed by atoms with E-state index in [1.165, 1.54) is 5.56 Å². The van der Waals surface area contributed by atoms with Crippen LogP contribution >= 0.6 is 24.8 Å². The molecule has 0 unspecified atom stereocenters. The molecule has 1 aromatic carbocycles. The molecule has 0 aliphatic heterocycles. The maximum atomic E-state index is 5.47. The molecule has 0 amide bonds. The first kappa shape index (κ1) is 16.0. The van der Waals surface area contributed by atoms with Crippen molar-refractivity contribution in [2.24, 2.45) is 5.73 Å². The molecule has 17 heavy (non-hydrogen) atoms. The molecule has 0 aliphatic rings. The second kappa shape index (κ2) is 8.12. The molecule has 2 rings (SSSR count). The van der Waals surface area contributed by atoms with Gasteiger partial charge in [-0.1, -0.05) is 30.3 Å². The predicted octanol–water partition coefficient (Wildman–Crippen LogP) is 2.28. The van der Waals surface area contributed by atoms with Gasteiger partial charge in [0.15, 0.2) is 0 Å². The predicted molar refractivity (Wildman–Crippen MR) is 75.0 cm³/mol. The van der Waals surface area contributed by atoms with Crippen LogP contribution in [-0.2, 0) is 13.0 Å². The van der Waals surface area contributed by atoms with Crippen LogP contribution in [0.4, 0.5) is 0 Å². The van der Waals surface area contributed by atoms with Gasteiger partial charge in [-0.2, -0.15) is 0 Å². The molecule has 3 nitrogen and oxygen atoms in total. The summed E-state index contributed by atoms with van der Waals surface area (Å²) in [6, 6.07) is 10.3. The van der Waals surface area contributed by atoms with E-state index in [0.717, 1.165) is 18.7 Å². The standard InChI is InChI=1S/C12H15N3.2ClH/c13-7-6-12-9-15(10-14-12)8-11-4-2-1-3-5-11;;/h1-5,9-10H,6-8,13H2;2*1H. The van der Waals surface area contributed by atoms with Gasteiger partial charge in [0.25, 0.3) is 0 Å². The number of benzene rings is 1. The zero-order chi connectivity index (χ0) is 10.5. The monoisotopic (exact) mass is 273 g/mol. The van der Waals surface area contributed by atoms with Gasteiger partial charge < -0.3 is 10.3 Å². The van der Waals surface area contributed by atoms with E-state index in [0.29, 0.717) is 6.54 Å². The number of rotatable bonds is 4. The maximum Gasteiger partial charge on any atom is 0.0952 e. The smallest absolute Gasteiger partial charge is 0.0952 e. The molecule has 0 spiro atoms. The van der Waals surface area contributed by atoms with Gasteiger partial charge in [-0.25, -0.2) is 4.98 Å². The molecular weight excluding hydrogens is 257 g/mol. The minimum absolute atomic E-state index is 0. The summed E-state index contributed by atoms with van der Waals surface area (Å²) in [7, 11) is 0. The molecule has 94 valence electrons. The second-order valence-corrected chi connectivity index (χ2v) is 3.56. The molecule has 2 aromatic rings. The first-order valence-electron chi connectivity index (χ1n) is 5.13. The Bertz CT molecular complexity index is 415. The van der Waals surface area contributed by atoms with Crippen LogP contribution in [0.25, 0.3) is 0 Å². The summed E-state index contributed by atoms with van der Waals surface area (Å²) in [6.07, 6.45) is 4.76. The lowest BCUT2D eigenvalue weighted by Gasteiger charge is -2.01. The van der Waals surface area contributed by atoms with Crippen molar-refractivity contribution in [2.75, 3.05) is 6.54 Å². The summed E-state index contributed by atoms with van der Waals surface area (Å²) in [5, 5.41) is 0. The fourth-order valence-electron chi connectivity index (χ4n) is 1.56. The Kier molecular flexibility index (Phi) is 7.63. The van der Waals surface area contributed by atoms with E-state index in [1.54, 1.807) is 0 Å². The highest BCUT2D eigenvalue weighted by Crippen LogP contribution is 2.03. The lowest BCUT2D eigenvalue weighted by atomic mass is 10.2. The number of hydrogen-bond acceptors (Lipinski definition) is 2. The van der Waals surface area contributed by atoms with Crippen LogP contribution in [-0.4, -0.2) is 16.1 Å². The van der Waals surface area contributed by atoms with Gasteiger partial charge in [-0.15, -0.1) is 24.8 Å². The molecule has 0 aliphatic carbocycles. The number of nitrogens with two attached hydrogens (primary N) is 1. The molecule has 0 saturated carbocycles. The Morgan fingerprint density at radius 3 is 2.47 bits per heavy atom. The highest BCUT2D eigenvalue weighted by Gasteiger charge is 1.98. The fourth-order valence-corrected chi connectivity index (χ4v) is 1.56. The zero-order valence-corrected chi connectivity index (χ0v) is 11.1. The van der Waals surface area contributed by atoms with Crippen LogP contribution in [0, 0.1) is 0 Å². The van der Waals surface area contributed by atoms with E-state index in [2.05, 4.69) is 27.9 Å². The molecule has 2 N–H and O–H groups in total. The maximum absolute atomic E-state index is 5.47. The van der Waals surface area contributed by atoms with Gasteiger partial charge in [0.05, 0.1) is 12.0 Å². The van der Waals surface area contributed by atoms with Crippen LogP contribution in [0.1, 0.15) is 11.3 Å². The Hall–Kier alpha value is -1.03. The van der Waals surface area contributed by atoms with Crippen LogP contribution in [0.15, 0.2) is 42.9 Å². The van der Waals surface area contributed by atoms with E-state index in [9.17, 15) is 0 Å². The molecule has 0 atom stereocenters. The zero-order valence-electron chi connectivity index (χ0n) is 9.45. The molecule has 0 bridgehead atoms. The Balaban J connectivity index is 0.00000128. The van der Waals surface area contributed by atoms with E-state index in [4.69, 9.17) is 5.73 Å². The molecule has 1 heterocycles. The van der Waals surface area contributed by atoms with E-state index >= 15 is 0 Å². The summed E-state index contributed by atoms with van der Waals surface area (Å²) in [5.41, 5.74) is 7.82. The lowest BCUT2D eigenvalue weighted by Crippen LogP contribution is -2.02. The van der Waals surface area contributed by atoms with Crippen LogP contribution < -0.4 is 5.73 Å². The molecule has 0 radical (unpaired) electrons. The first-order valence-corrected chi connectivity index (χ1v) is 5.13. The van der Waals surface area contributed by atoms with Gasteiger partial charge in [-0.05, 0) is 12.1 Å². The largest absolute Gasteiger partial charge is 0.333 e. The Morgan fingerprint density at radius 2 is 1.82 bits per heavy atom. The van der Waals surface area contributed by atoms with Crippen molar-refractivity contribution in [3.05, 3.63) is 54.1 Å². The fraction of sp³-hybridized carbons (Fsp3) is 0.250. The Morgan fingerprint density at radius 1 is 1.12 bits per heavy atom. The summed E-state index contributed by atoms with van der Waals surface area (Å²) in [5.74, 6) is 0. The average Bonchev–Trinajstić information content (AvgIpc) is 2.68. The van der Waals surface area contributed by atoms with Crippen LogP contribution in [0.5, 0.6) is 0 Å². The molecule has 5 heteroatoms. The Labute approximate surface area is 114 Å². The third-order valence-corrected chi connectivity index (χ3v) is 2.30. The minimum Gasteiger partial charge on any atom is -0.333 e. The highest BCUT2D eigenvalue weighted by atomic mass is 35.5. The van der Waals surface area contributed by atoms with Gasteiger partial charge in [0.1, 0.15) is 0 Å². The van der Waals surface area contributed by atoms with Crippen molar-refractivity contribution in [1.29, 1.82) is 0 Å². The average molecular weight is 274 g/mol. The topological polar surface area (TPSA) is 43.8 Å². The van der Waals surface area contributed by atoms with Gasteiger partial charge in [0.2, 0.25) is 0 Å². The third kappa shape index (κ3) is 4.77. The van der Waals surface area contributed by atoms with Crippen molar-refractivity contribution in [3.63, 3.8) is 0 Å². The summed E-state index contributed by atoms with van der Waals surface area (Å²) in [4.78, 5) is 4.29. The molecular formula is C12H17Cl2N3. The van der Waals surface area contributed by atoms with E-state index < -0.39 is 0 Å². The van der Waals surface area contributed by atoms with Crippen LogP contribution in [0.2, 0.25) is 0 Å². The first-order chi connectivity index (χ1) is 7.38. The number of halogens is 2. The van der Waals surface area contributed by atoms with Crippen LogP contribution in [0.3, 0.4) is 0 Å².